The highest BCUT2D eigenvalue weighted by atomic mass is 16.5. The standard InChI is InChI=1S/C22H30N4O3/c1-23-22(25-14-16-8-9-19(27-2)20(12-16)28-3)26-15-17-10-11-24-21(13-17)29-18-6-4-5-7-18/h8-13,18H,4-7,14-15H2,1-3H3,(H2,23,25,26). The zero-order chi connectivity index (χ0) is 20.5. The third kappa shape index (κ3) is 6.01. The van der Waals surface area contributed by atoms with Crippen molar-refractivity contribution in [2.75, 3.05) is 21.3 Å². The summed E-state index contributed by atoms with van der Waals surface area (Å²) in [4.78, 5) is 8.63. The molecule has 1 saturated carbocycles. The lowest BCUT2D eigenvalue weighted by molar-refractivity contribution is 0.201. The average molecular weight is 399 g/mol. The summed E-state index contributed by atoms with van der Waals surface area (Å²) in [7, 11) is 5.02. The molecular weight excluding hydrogens is 368 g/mol. The monoisotopic (exact) mass is 398 g/mol. The second kappa shape index (κ2) is 10.5. The minimum Gasteiger partial charge on any atom is -0.493 e. The lowest BCUT2D eigenvalue weighted by Crippen LogP contribution is -2.36. The van der Waals surface area contributed by atoms with Crippen LogP contribution < -0.4 is 24.8 Å². The molecule has 7 nitrogen and oxygen atoms in total. The second-order valence-electron chi connectivity index (χ2n) is 7.00. The fraction of sp³-hybridized carbons (Fsp3) is 0.455. The van der Waals surface area contributed by atoms with E-state index in [-0.39, 0.29) is 0 Å². The number of benzene rings is 1. The van der Waals surface area contributed by atoms with Gasteiger partial charge in [0.05, 0.1) is 14.2 Å². The molecule has 1 aliphatic rings. The molecule has 0 saturated heterocycles. The zero-order valence-corrected chi connectivity index (χ0v) is 17.4. The SMILES string of the molecule is CN=C(NCc1ccnc(OC2CCCC2)c1)NCc1ccc(OC)c(OC)c1. The van der Waals surface area contributed by atoms with E-state index in [9.17, 15) is 0 Å². The molecule has 29 heavy (non-hydrogen) atoms. The summed E-state index contributed by atoms with van der Waals surface area (Å²) < 4.78 is 16.6. The summed E-state index contributed by atoms with van der Waals surface area (Å²) in [6.07, 6.45) is 6.83. The van der Waals surface area contributed by atoms with Crippen LogP contribution in [0.1, 0.15) is 36.8 Å². The van der Waals surface area contributed by atoms with E-state index in [2.05, 4.69) is 20.6 Å². The summed E-state index contributed by atoms with van der Waals surface area (Å²) in [5.41, 5.74) is 2.17. The molecule has 1 aromatic heterocycles. The van der Waals surface area contributed by atoms with Gasteiger partial charge in [0.1, 0.15) is 6.10 Å². The normalized spacial score (nSPS) is 14.5. The number of nitrogens with zero attached hydrogens (tertiary/aromatic N) is 2. The van der Waals surface area contributed by atoms with E-state index in [0.29, 0.717) is 36.6 Å². The molecule has 0 bridgehead atoms. The number of hydrogen-bond donors (Lipinski definition) is 2. The Labute approximate surface area is 172 Å². The Balaban J connectivity index is 1.51. The van der Waals surface area contributed by atoms with Crippen molar-refractivity contribution in [3.8, 4) is 17.4 Å². The number of hydrogen-bond acceptors (Lipinski definition) is 5. The van der Waals surface area contributed by atoms with Crippen LogP contribution in [-0.4, -0.2) is 38.3 Å². The number of nitrogens with one attached hydrogen (secondary N) is 2. The number of aromatic nitrogens is 1. The Morgan fingerprint density at radius 1 is 1.00 bits per heavy atom. The van der Waals surface area contributed by atoms with E-state index < -0.39 is 0 Å². The molecule has 0 spiro atoms. The molecule has 2 aromatic rings. The lowest BCUT2D eigenvalue weighted by Gasteiger charge is -2.15. The highest BCUT2D eigenvalue weighted by Gasteiger charge is 2.17. The first-order valence-electron chi connectivity index (χ1n) is 9.99. The summed E-state index contributed by atoms with van der Waals surface area (Å²) in [6.45, 7) is 1.25. The smallest absolute Gasteiger partial charge is 0.213 e. The highest BCUT2D eigenvalue weighted by Crippen LogP contribution is 2.27. The van der Waals surface area contributed by atoms with Gasteiger partial charge in [0.15, 0.2) is 17.5 Å². The molecule has 0 atom stereocenters. The van der Waals surface area contributed by atoms with Crippen LogP contribution in [0.15, 0.2) is 41.5 Å². The van der Waals surface area contributed by atoms with Crippen molar-refractivity contribution in [2.24, 2.45) is 4.99 Å². The predicted octanol–water partition coefficient (Wildman–Crippen LogP) is 3.29. The topological polar surface area (TPSA) is 77.0 Å². The van der Waals surface area contributed by atoms with E-state index in [1.54, 1.807) is 27.5 Å². The van der Waals surface area contributed by atoms with Crippen molar-refractivity contribution >= 4 is 5.96 Å². The van der Waals surface area contributed by atoms with Crippen molar-refractivity contribution in [2.45, 2.75) is 44.9 Å². The van der Waals surface area contributed by atoms with E-state index in [1.165, 1.54) is 12.8 Å². The number of rotatable bonds is 8. The van der Waals surface area contributed by atoms with Crippen molar-refractivity contribution in [1.29, 1.82) is 0 Å². The number of aliphatic imine (C=N–C) groups is 1. The van der Waals surface area contributed by atoms with Gasteiger partial charge in [-0.1, -0.05) is 6.07 Å². The fourth-order valence-corrected chi connectivity index (χ4v) is 3.38. The van der Waals surface area contributed by atoms with Crippen LogP contribution in [0.2, 0.25) is 0 Å². The third-order valence-electron chi connectivity index (χ3n) is 4.98. The maximum Gasteiger partial charge on any atom is 0.213 e. The van der Waals surface area contributed by atoms with Crippen LogP contribution in [-0.2, 0) is 13.1 Å². The summed E-state index contributed by atoms with van der Waals surface area (Å²) in [6, 6.07) is 9.82. The van der Waals surface area contributed by atoms with E-state index in [0.717, 1.165) is 29.9 Å². The van der Waals surface area contributed by atoms with Gasteiger partial charge in [-0.15, -0.1) is 0 Å². The quantitative estimate of drug-likeness (QED) is 0.525. The Hall–Kier alpha value is -2.96. The van der Waals surface area contributed by atoms with E-state index in [1.807, 2.05) is 30.3 Å². The Bertz CT molecular complexity index is 819. The number of guanidine groups is 1. The van der Waals surface area contributed by atoms with E-state index >= 15 is 0 Å². The molecule has 1 aliphatic carbocycles. The van der Waals surface area contributed by atoms with Gasteiger partial charge in [-0.3, -0.25) is 4.99 Å². The largest absolute Gasteiger partial charge is 0.493 e. The molecule has 0 radical (unpaired) electrons. The predicted molar refractivity (Wildman–Crippen MR) is 114 cm³/mol. The average Bonchev–Trinajstić information content (AvgIpc) is 3.27. The third-order valence-corrected chi connectivity index (χ3v) is 4.98. The first-order valence-corrected chi connectivity index (χ1v) is 9.99. The van der Waals surface area contributed by atoms with Gasteiger partial charge in [-0.25, -0.2) is 4.98 Å². The number of methoxy groups -OCH3 is 2. The minimum atomic E-state index is 0.307. The zero-order valence-electron chi connectivity index (χ0n) is 17.4. The molecule has 0 amide bonds. The summed E-state index contributed by atoms with van der Waals surface area (Å²) in [5.74, 6) is 2.84. The molecule has 7 heteroatoms. The maximum atomic E-state index is 5.99. The van der Waals surface area contributed by atoms with Gasteiger partial charge in [0, 0.05) is 32.4 Å². The number of ether oxygens (including phenoxy) is 3. The summed E-state index contributed by atoms with van der Waals surface area (Å²) >= 11 is 0. The number of pyridine rings is 1. The van der Waals surface area contributed by atoms with Crippen molar-refractivity contribution in [3.05, 3.63) is 47.7 Å². The van der Waals surface area contributed by atoms with Crippen LogP contribution in [0.25, 0.3) is 0 Å². The first-order chi connectivity index (χ1) is 14.2. The Kier molecular flexibility index (Phi) is 7.55. The molecule has 0 aliphatic heterocycles. The Morgan fingerprint density at radius 3 is 2.34 bits per heavy atom. The van der Waals surface area contributed by atoms with Crippen molar-refractivity contribution in [3.63, 3.8) is 0 Å². The van der Waals surface area contributed by atoms with Gasteiger partial charge >= 0.3 is 0 Å². The van der Waals surface area contributed by atoms with Crippen LogP contribution in [0.4, 0.5) is 0 Å². The van der Waals surface area contributed by atoms with Crippen molar-refractivity contribution in [1.82, 2.24) is 15.6 Å². The summed E-state index contributed by atoms with van der Waals surface area (Å²) in [5, 5.41) is 6.64. The van der Waals surface area contributed by atoms with Gasteiger partial charge < -0.3 is 24.8 Å². The highest BCUT2D eigenvalue weighted by molar-refractivity contribution is 5.79. The van der Waals surface area contributed by atoms with E-state index in [4.69, 9.17) is 14.2 Å². The molecule has 1 aromatic carbocycles. The van der Waals surface area contributed by atoms with Crippen LogP contribution in [0.5, 0.6) is 17.4 Å². The van der Waals surface area contributed by atoms with Crippen LogP contribution in [0, 0.1) is 0 Å². The van der Waals surface area contributed by atoms with Gasteiger partial charge in [-0.05, 0) is 55.0 Å². The van der Waals surface area contributed by atoms with Crippen LogP contribution in [0.3, 0.4) is 0 Å². The van der Waals surface area contributed by atoms with Gasteiger partial charge in [0.25, 0.3) is 0 Å². The Morgan fingerprint density at radius 2 is 1.69 bits per heavy atom. The molecular formula is C22H30N4O3. The molecule has 3 rings (SSSR count). The van der Waals surface area contributed by atoms with Gasteiger partial charge in [-0.2, -0.15) is 0 Å². The molecule has 1 heterocycles. The van der Waals surface area contributed by atoms with Crippen LogP contribution >= 0.6 is 0 Å². The first kappa shape index (κ1) is 20.8. The molecule has 2 N–H and O–H groups in total. The molecule has 0 unspecified atom stereocenters. The molecule has 1 fully saturated rings. The second-order valence-corrected chi connectivity index (χ2v) is 7.00. The lowest BCUT2D eigenvalue weighted by atomic mass is 10.2. The molecule has 156 valence electrons. The van der Waals surface area contributed by atoms with Crippen molar-refractivity contribution < 1.29 is 14.2 Å². The van der Waals surface area contributed by atoms with Gasteiger partial charge in [0.2, 0.25) is 5.88 Å². The fourth-order valence-electron chi connectivity index (χ4n) is 3.38. The maximum absolute atomic E-state index is 5.99. The minimum absolute atomic E-state index is 0.307.